The second kappa shape index (κ2) is 6.87. The maximum absolute atomic E-state index is 11.9. The average Bonchev–Trinajstić information content (AvgIpc) is 2.32. The number of carbonyl (C=O) groups is 1. The number of carbonyl (C=O) groups excluding carboxylic acids is 1. The fourth-order valence-electron chi connectivity index (χ4n) is 1.25. The second-order valence-corrected chi connectivity index (χ2v) is 3.35. The molecule has 0 bridgehead atoms. The summed E-state index contributed by atoms with van der Waals surface area (Å²) in [4.78, 5) is 11.6. The fraction of sp³-hybridized carbons (Fsp3) is 0.364. The standard InChI is InChI=1S/C11H14F2N2O3/c1-17-9(6-14)10(16)15-7-2-4-8(5-3-7)18-11(12)13/h2-5,9,11H,6,14H2,1H3,(H,15,16). The average molecular weight is 260 g/mol. The van der Waals surface area contributed by atoms with Crippen LogP contribution in [-0.2, 0) is 9.53 Å². The molecule has 0 saturated heterocycles. The minimum absolute atomic E-state index is 0.0186. The van der Waals surface area contributed by atoms with Crippen molar-refractivity contribution in [1.82, 2.24) is 0 Å². The second-order valence-electron chi connectivity index (χ2n) is 3.35. The van der Waals surface area contributed by atoms with Gasteiger partial charge in [-0.05, 0) is 24.3 Å². The molecule has 5 nitrogen and oxygen atoms in total. The molecular formula is C11H14F2N2O3. The Morgan fingerprint density at radius 3 is 2.44 bits per heavy atom. The van der Waals surface area contributed by atoms with Gasteiger partial charge in [0.2, 0.25) is 0 Å². The Morgan fingerprint density at radius 1 is 1.39 bits per heavy atom. The number of benzene rings is 1. The van der Waals surface area contributed by atoms with Crippen molar-refractivity contribution in [3.8, 4) is 5.75 Å². The van der Waals surface area contributed by atoms with Crippen LogP contribution < -0.4 is 15.8 Å². The fourth-order valence-corrected chi connectivity index (χ4v) is 1.25. The Labute approximate surface area is 103 Å². The number of ether oxygens (including phenoxy) is 2. The number of nitrogens with two attached hydrogens (primary N) is 1. The van der Waals surface area contributed by atoms with Gasteiger partial charge in [-0.1, -0.05) is 0 Å². The Hall–Kier alpha value is -1.73. The van der Waals surface area contributed by atoms with E-state index in [4.69, 9.17) is 10.5 Å². The van der Waals surface area contributed by atoms with Crippen LogP contribution in [0.25, 0.3) is 0 Å². The molecule has 1 unspecified atom stereocenters. The van der Waals surface area contributed by atoms with Gasteiger partial charge in [0.05, 0.1) is 0 Å². The Morgan fingerprint density at radius 2 is 2.00 bits per heavy atom. The van der Waals surface area contributed by atoms with E-state index in [0.29, 0.717) is 5.69 Å². The van der Waals surface area contributed by atoms with Crippen LogP contribution in [0.2, 0.25) is 0 Å². The van der Waals surface area contributed by atoms with E-state index < -0.39 is 18.6 Å². The van der Waals surface area contributed by atoms with Gasteiger partial charge < -0.3 is 20.5 Å². The molecule has 1 atom stereocenters. The summed E-state index contributed by atoms with van der Waals surface area (Å²) in [5.74, 6) is -0.382. The van der Waals surface area contributed by atoms with Crippen LogP contribution in [0.15, 0.2) is 24.3 Å². The maximum atomic E-state index is 11.9. The molecule has 7 heteroatoms. The molecule has 0 radical (unpaired) electrons. The predicted molar refractivity (Wildman–Crippen MR) is 61.6 cm³/mol. The monoisotopic (exact) mass is 260 g/mol. The zero-order valence-corrected chi connectivity index (χ0v) is 9.73. The first-order valence-corrected chi connectivity index (χ1v) is 5.15. The molecule has 1 amide bonds. The molecule has 18 heavy (non-hydrogen) atoms. The molecule has 1 rings (SSSR count). The summed E-state index contributed by atoms with van der Waals surface area (Å²) in [6.45, 7) is -2.82. The van der Waals surface area contributed by atoms with Crippen LogP contribution in [0.3, 0.4) is 0 Å². The van der Waals surface area contributed by atoms with Crippen molar-refractivity contribution >= 4 is 11.6 Å². The number of alkyl halides is 2. The van der Waals surface area contributed by atoms with Crippen LogP contribution in [0.5, 0.6) is 5.75 Å². The van der Waals surface area contributed by atoms with Gasteiger partial charge in [-0.2, -0.15) is 8.78 Å². The zero-order chi connectivity index (χ0) is 13.5. The van der Waals surface area contributed by atoms with E-state index in [9.17, 15) is 13.6 Å². The van der Waals surface area contributed by atoms with Crippen molar-refractivity contribution in [2.24, 2.45) is 5.73 Å². The molecule has 0 aliphatic rings. The Kier molecular flexibility index (Phi) is 5.47. The van der Waals surface area contributed by atoms with E-state index >= 15 is 0 Å². The molecule has 0 heterocycles. The van der Waals surface area contributed by atoms with E-state index in [-0.39, 0.29) is 12.3 Å². The zero-order valence-electron chi connectivity index (χ0n) is 9.73. The lowest BCUT2D eigenvalue weighted by Crippen LogP contribution is -2.35. The predicted octanol–water partition coefficient (Wildman–Crippen LogP) is 1.20. The summed E-state index contributed by atoms with van der Waals surface area (Å²) in [7, 11) is 1.37. The van der Waals surface area contributed by atoms with Gasteiger partial charge in [-0.3, -0.25) is 4.79 Å². The van der Waals surface area contributed by atoms with Crippen LogP contribution in [0.1, 0.15) is 0 Å². The van der Waals surface area contributed by atoms with Crippen molar-refractivity contribution in [3.05, 3.63) is 24.3 Å². The summed E-state index contributed by atoms with van der Waals surface area (Å²) in [5.41, 5.74) is 5.77. The quantitative estimate of drug-likeness (QED) is 0.806. The minimum atomic E-state index is -2.87. The summed E-state index contributed by atoms with van der Waals surface area (Å²) in [6.07, 6.45) is -0.748. The van der Waals surface area contributed by atoms with Crippen molar-refractivity contribution < 1.29 is 23.0 Å². The highest BCUT2D eigenvalue weighted by Crippen LogP contribution is 2.17. The largest absolute Gasteiger partial charge is 0.435 e. The number of hydrogen-bond donors (Lipinski definition) is 2. The normalized spacial score (nSPS) is 12.3. The van der Waals surface area contributed by atoms with Crippen LogP contribution in [-0.4, -0.2) is 32.3 Å². The number of nitrogens with one attached hydrogen (secondary N) is 1. The molecule has 1 aromatic carbocycles. The molecule has 0 fully saturated rings. The number of hydrogen-bond acceptors (Lipinski definition) is 4. The Bertz CT molecular complexity index is 380. The number of halogens is 2. The number of anilines is 1. The van der Waals surface area contributed by atoms with Gasteiger partial charge in [-0.25, -0.2) is 0 Å². The summed E-state index contributed by atoms with van der Waals surface area (Å²) in [5, 5.41) is 2.54. The first kappa shape index (κ1) is 14.3. The van der Waals surface area contributed by atoms with Gasteiger partial charge in [-0.15, -0.1) is 0 Å². The van der Waals surface area contributed by atoms with Crippen molar-refractivity contribution in [2.45, 2.75) is 12.7 Å². The van der Waals surface area contributed by atoms with E-state index in [1.54, 1.807) is 0 Å². The summed E-state index contributed by atoms with van der Waals surface area (Å²) >= 11 is 0. The molecular weight excluding hydrogens is 246 g/mol. The van der Waals surface area contributed by atoms with Crippen molar-refractivity contribution in [2.75, 3.05) is 19.0 Å². The third-order valence-electron chi connectivity index (χ3n) is 2.14. The van der Waals surface area contributed by atoms with Gasteiger partial charge in [0, 0.05) is 19.3 Å². The highest BCUT2D eigenvalue weighted by atomic mass is 19.3. The third-order valence-corrected chi connectivity index (χ3v) is 2.14. The first-order chi connectivity index (χ1) is 8.56. The number of amides is 1. The lowest BCUT2D eigenvalue weighted by Gasteiger charge is -2.13. The molecule has 0 aliphatic heterocycles. The smallest absolute Gasteiger partial charge is 0.387 e. The van der Waals surface area contributed by atoms with Crippen LogP contribution in [0, 0.1) is 0 Å². The van der Waals surface area contributed by atoms with Gasteiger partial charge in [0.25, 0.3) is 5.91 Å². The molecule has 3 N–H and O–H groups in total. The molecule has 0 saturated carbocycles. The highest BCUT2D eigenvalue weighted by molar-refractivity contribution is 5.94. The van der Waals surface area contributed by atoms with Crippen molar-refractivity contribution in [1.29, 1.82) is 0 Å². The first-order valence-electron chi connectivity index (χ1n) is 5.15. The Balaban J connectivity index is 2.60. The summed E-state index contributed by atoms with van der Waals surface area (Å²) < 4.78 is 32.8. The van der Waals surface area contributed by atoms with Crippen molar-refractivity contribution in [3.63, 3.8) is 0 Å². The van der Waals surface area contributed by atoms with Crippen LogP contribution >= 0.6 is 0 Å². The van der Waals surface area contributed by atoms with Gasteiger partial charge >= 0.3 is 6.61 Å². The topological polar surface area (TPSA) is 73.6 Å². The lowest BCUT2D eigenvalue weighted by molar-refractivity contribution is -0.125. The van der Waals surface area contributed by atoms with Gasteiger partial charge in [0.15, 0.2) is 0 Å². The molecule has 0 aromatic heterocycles. The third kappa shape index (κ3) is 4.27. The van der Waals surface area contributed by atoms with E-state index in [2.05, 4.69) is 10.1 Å². The molecule has 1 aromatic rings. The van der Waals surface area contributed by atoms with Gasteiger partial charge in [0.1, 0.15) is 11.9 Å². The summed E-state index contributed by atoms with van der Waals surface area (Å²) in [6, 6.07) is 5.54. The molecule has 100 valence electrons. The minimum Gasteiger partial charge on any atom is -0.435 e. The molecule has 0 spiro atoms. The molecule has 0 aliphatic carbocycles. The number of methoxy groups -OCH3 is 1. The van der Waals surface area contributed by atoms with E-state index in [1.807, 2.05) is 0 Å². The number of rotatable bonds is 6. The highest BCUT2D eigenvalue weighted by Gasteiger charge is 2.15. The lowest BCUT2D eigenvalue weighted by atomic mass is 10.2. The van der Waals surface area contributed by atoms with Crippen LogP contribution in [0.4, 0.5) is 14.5 Å². The maximum Gasteiger partial charge on any atom is 0.387 e. The van der Waals surface area contributed by atoms with E-state index in [0.717, 1.165) is 0 Å². The van der Waals surface area contributed by atoms with E-state index in [1.165, 1.54) is 31.4 Å². The SMILES string of the molecule is COC(CN)C(=O)Nc1ccc(OC(F)F)cc1.